The van der Waals surface area contributed by atoms with Crippen LogP contribution in [0.15, 0.2) is 60.5 Å². The minimum atomic E-state index is 0.784. The Morgan fingerprint density at radius 2 is 2.29 bits per heavy atom. The smallest absolute Gasteiger partial charge is 0.165 e. The highest BCUT2D eigenvalue weighted by Crippen LogP contribution is 2.28. The van der Waals surface area contributed by atoms with Crippen molar-refractivity contribution in [3.63, 3.8) is 0 Å². The number of allylic oxidation sites excluding steroid dienone is 5. The monoisotopic (exact) mass is 188 g/mol. The molecule has 0 saturated heterocycles. The fourth-order valence-corrected chi connectivity index (χ4v) is 1.54. The van der Waals surface area contributed by atoms with Crippen LogP contribution in [-0.4, -0.2) is 0 Å². The van der Waals surface area contributed by atoms with Crippen LogP contribution < -0.4 is 0 Å². The Morgan fingerprint density at radius 3 is 3.00 bits per heavy atom. The van der Waals surface area contributed by atoms with Gasteiger partial charge in [-0.3, -0.25) is 0 Å². The van der Waals surface area contributed by atoms with Crippen molar-refractivity contribution < 1.29 is 9.47 Å². The molecule has 0 saturated carbocycles. The van der Waals surface area contributed by atoms with Crippen molar-refractivity contribution in [1.29, 1.82) is 0 Å². The zero-order valence-electron chi connectivity index (χ0n) is 7.90. The molecule has 0 aromatic heterocycles. The molecule has 0 atom stereocenters. The molecule has 72 valence electrons. The molecular formula is C12H12O2. The lowest BCUT2D eigenvalue weighted by atomic mass is 9.96. The van der Waals surface area contributed by atoms with Crippen LogP contribution in [-0.2, 0) is 9.47 Å². The number of ether oxygens (including phenoxy) is 2. The van der Waals surface area contributed by atoms with E-state index in [0.717, 1.165) is 29.7 Å². The summed E-state index contributed by atoms with van der Waals surface area (Å²) >= 11 is 0. The van der Waals surface area contributed by atoms with Crippen LogP contribution in [0.2, 0.25) is 0 Å². The second-order valence-electron chi connectivity index (χ2n) is 3.09. The first-order valence-electron chi connectivity index (χ1n) is 4.61. The molecule has 2 aliphatic rings. The van der Waals surface area contributed by atoms with E-state index in [-0.39, 0.29) is 0 Å². The third-order valence-corrected chi connectivity index (χ3v) is 2.23. The SMILES string of the molecule is C=CC1=C(C2=COC=CO2)CCC=C1. The molecule has 1 aliphatic heterocycles. The normalized spacial score (nSPS) is 19.9. The van der Waals surface area contributed by atoms with Gasteiger partial charge < -0.3 is 9.47 Å². The second-order valence-corrected chi connectivity index (χ2v) is 3.09. The summed E-state index contributed by atoms with van der Waals surface area (Å²) in [7, 11) is 0. The van der Waals surface area contributed by atoms with Crippen LogP contribution in [0.4, 0.5) is 0 Å². The summed E-state index contributed by atoms with van der Waals surface area (Å²) in [5.41, 5.74) is 2.27. The van der Waals surface area contributed by atoms with Gasteiger partial charge in [0.25, 0.3) is 0 Å². The van der Waals surface area contributed by atoms with E-state index in [2.05, 4.69) is 18.7 Å². The third kappa shape index (κ3) is 1.64. The van der Waals surface area contributed by atoms with E-state index < -0.39 is 0 Å². The van der Waals surface area contributed by atoms with Gasteiger partial charge >= 0.3 is 0 Å². The Kier molecular flexibility index (Phi) is 2.54. The van der Waals surface area contributed by atoms with Gasteiger partial charge in [-0.05, 0) is 18.4 Å². The van der Waals surface area contributed by atoms with Gasteiger partial charge in [-0.15, -0.1) is 0 Å². The molecule has 1 heterocycles. The highest BCUT2D eigenvalue weighted by molar-refractivity contribution is 5.45. The predicted molar refractivity (Wildman–Crippen MR) is 55.0 cm³/mol. The summed E-state index contributed by atoms with van der Waals surface area (Å²) in [6.45, 7) is 3.78. The molecule has 2 heteroatoms. The molecule has 0 aromatic rings. The maximum absolute atomic E-state index is 5.37. The average molecular weight is 188 g/mol. The molecular weight excluding hydrogens is 176 g/mol. The predicted octanol–water partition coefficient (Wildman–Crippen LogP) is 3.18. The van der Waals surface area contributed by atoms with Gasteiger partial charge in [-0.1, -0.05) is 24.8 Å². The second kappa shape index (κ2) is 4.01. The highest BCUT2D eigenvalue weighted by Gasteiger charge is 2.13. The number of hydrogen-bond acceptors (Lipinski definition) is 2. The molecule has 0 N–H and O–H groups in total. The van der Waals surface area contributed by atoms with Gasteiger partial charge in [0.15, 0.2) is 5.76 Å². The van der Waals surface area contributed by atoms with E-state index >= 15 is 0 Å². The fraction of sp³-hybridized carbons (Fsp3) is 0.167. The zero-order valence-corrected chi connectivity index (χ0v) is 7.90. The number of rotatable bonds is 2. The Morgan fingerprint density at radius 1 is 1.36 bits per heavy atom. The lowest BCUT2D eigenvalue weighted by Gasteiger charge is -2.17. The van der Waals surface area contributed by atoms with Crippen LogP contribution in [0.1, 0.15) is 12.8 Å². The first-order chi connectivity index (χ1) is 6.92. The highest BCUT2D eigenvalue weighted by atomic mass is 16.5. The van der Waals surface area contributed by atoms with Gasteiger partial charge in [0.1, 0.15) is 18.8 Å². The Bertz CT molecular complexity index is 357. The summed E-state index contributed by atoms with van der Waals surface area (Å²) in [5.74, 6) is 0.784. The van der Waals surface area contributed by atoms with E-state index in [1.54, 1.807) is 12.5 Å². The largest absolute Gasteiger partial charge is 0.466 e. The van der Waals surface area contributed by atoms with E-state index in [4.69, 9.17) is 9.47 Å². The summed E-state index contributed by atoms with van der Waals surface area (Å²) in [6, 6.07) is 0. The maximum Gasteiger partial charge on any atom is 0.165 e. The van der Waals surface area contributed by atoms with E-state index in [1.165, 1.54) is 6.26 Å². The minimum Gasteiger partial charge on any atom is -0.466 e. The van der Waals surface area contributed by atoms with Crippen LogP contribution in [0.3, 0.4) is 0 Å². The van der Waals surface area contributed by atoms with Gasteiger partial charge in [0.05, 0.1) is 0 Å². The quantitative estimate of drug-likeness (QED) is 0.662. The molecule has 0 bridgehead atoms. The van der Waals surface area contributed by atoms with Gasteiger partial charge in [0.2, 0.25) is 0 Å². The maximum atomic E-state index is 5.37. The molecule has 0 spiro atoms. The Labute approximate surface area is 83.5 Å². The number of hydrogen-bond donors (Lipinski definition) is 0. The molecule has 0 aromatic carbocycles. The van der Waals surface area contributed by atoms with Crippen molar-refractivity contribution in [3.05, 3.63) is 60.5 Å². The lowest BCUT2D eigenvalue weighted by Crippen LogP contribution is -2.01. The molecule has 2 nitrogen and oxygen atoms in total. The van der Waals surface area contributed by atoms with Crippen molar-refractivity contribution in [3.8, 4) is 0 Å². The van der Waals surface area contributed by atoms with Gasteiger partial charge in [0, 0.05) is 5.57 Å². The van der Waals surface area contributed by atoms with Crippen LogP contribution >= 0.6 is 0 Å². The van der Waals surface area contributed by atoms with Gasteiger partial charge in [-0.25, -0.2) is 0 Å². The summed E-state index contributed by atoms with van der Waals surface area (Å²) < 4.78 is 10.4. The van der Waals surface area contributed by atoms with Crippen molar-refractivity contribution in [2.45, 2.75) is 12.8 Å². The van der Waals surface area contributed by atoms with Crippen LogP contribution in [0, 0.1) is 0 Å². The minimum absolute atomic E-state index is 0.784. The van der Waals surface area contributed by atoms with E-state index in [1.807, 2.05) is 6.08 Å². The molecule has 2 rings (SSSR count). The molecule has 14 heavy (non-hydrogen) atoms. The first-order valence-corrected chi connectivity index (χ1v) is 4.61. The van der Waals surface area contributed by atoms with Crippen molar-refractivity contribution >= 4 is 0 Å². The lowest BCUT2D eigenvalue weighted by molar-refractivity contribution is 0.262. The fourth-order valence-electron chi connectivity index (χ4n) is 1.54. The van der Waals surface area contributed by atoms with E-state index in [0.29, 0.717) is 0 Å². The topological polar surface area (TPSA) is 18.5 Å². The summed E-state index contributed by atoms with van der Waals surface area (Å²) in [6.07, 6.45) is 12.7. The summed E-state index contributed by atoms with van der Waals surface area (Å²) in [4.78, 5) is 0. The molecule has 0 radical (unpaired) electrons. The van der Waals surface area contributed by atoms with Gasteiger partial charge in [-0.2, -0.15) is 0 Å². The third-order valence-electron chi connectivity index (χ3n) is 2.23. The molecule has 1 aliphatic carbocycles. The average Bonchev–Trinajstić information content (AvgIpc) is 2.30. The standard InChI is InChI=1S/C12H12O2/c1-2-10-5-3-4-6-11(10)12-9-13-7-8-14-12/h2-3,5,7-9H,1,4,6H2. The van der Waals surface area contributed by atoms with Crippen molar-refractivity contribution in [2.24, 2.45) is 0 Å². The Hall–Kier alpha value is -1.70. The Balaban J connectivity index is 2.30. The van der Waals surface area contributed by atoms with E-state index in [9.17, 15) is 0 Å². The van der Waals surface area contributed by atoms with Crippen molar-refractivity contribution in [2.75, 3.05) is 0 Å². The molecule has 0 unspecified atom stereocenters. The zero-order chi connectivity index (χ0) is 9.80. The van der Waals surface area contributed by atoms with Crippen LogP contribution in [0.5, 0.6) is 0 Å². The van der Waals surface area contributed by atoms with Crippen molar-refractivity contribution in [1.82, 2.24) is 0 Å². The first kappa shape index (κ1) is 8.88. The summed E-state index contributed by atoms with van der Waals surface area (Å²) in [5, 5.41) is 0. The van der Waals surface area contributed by atoms with Crippen LogP contribution in [0.25, 0.3) is 0 Å². The molecule has 0 fully saturated rings. The molecule has 0 amide bonds.